The van der Waals surface area contributed by atoms with Crippen molar-refractivity contribution in [1.82, 2.24) is 9.80 Å². The largest absolute Gasteiger partial charge is 0.497 e. The second-order valence-electron chi connectivity index (χ2n) is 8.82. The maximum Gasteiger partial charge on any atom is 0.309 e. The first kappa shape index (κ1) is 21.6. The molecule has 2 aromatic rings. The molecule has 0 bridgehead atoms. The van der Waals surface area contributed by atoms with Gasteiger partial charge in [-0.2, -0.15) is 0 Å². The van der Waals surface area contributed by atoms with E-state index in [0.29, 0.717) is 23.8 Å². The highest BCUT2D eigenvalue weighted by molar-refractivity contribution is 5.79. The molecule has 33 heavy (non-hydrogen) atoms. The highest BCUT2D eigenvalue weighted by Gasteiger charge is 2.48. The van der Waals surface area contributed by atoms with Gasteiger partial charge in [0.25, 0.3) is 0 Å². The zero-order valence-corrected chi connectivity index (χ0v) is 18.6. The Labute approximate surface area is 192 Å². The molecule has 0 aliphatic carbocycles. The summed E-state index contributed by atoms with van der Waals surface area (Å²) in [6.07, 6.45) is 2.04. The summed E-state index contributed by atoms with van der Waals surface area (Å²) in [4.78, 5) is 29.6. The van der Waals surface area contributed by atoms with Crippen LogP contribution < -0.4 is 14.2 Å². The van der Waals surface area contributed by atoms with Gasteiger partial charge >= 0.3 is 5.97 Å². The number of methoxy groups -OCH3 is 1. The van der Waals surface area contributed by atoms with Crippen molar-refractivity contribution in [3.05, 3.63) is 53.6 Å². The van der Waals surface area contributed by atoms with Crippen molar-refractivity contribution in [2.75, 3.05) is 40.1 Å². The molecule has 3 heterocycles. The number of rotatable bonds is 6. The van der Waals surface area contributed by atoms with Crippen LogP contribution in [0.4, 0.5) is 0 Å². The number of ether oxygens (including phenoxy) is 3. The zero-order valence-electron chi connectivity index (χ0n) is 18.6. The van der Waals surface area contributed by atoms with E-state index in [-0.39, 0.29) is 25.2 Å². The standard InChI is InChI=1S/C25H28N2O6/c1-31-18-7-4-16(5-8-18)24-23(25(29)30)19(17-6-9-20-21(12-17)33-15-32-20)13-27(24)14-22(28)26-10-2-3-11-26/h4-9,12,19,23-24H,2-3,10-11,13-15H2,1H3,(H,29,30). The molecule has 2 aromatic carbocycles. The fourth-order valence-electron chi connectivity index (χ4n) is 5.31. The molecule has 3 unspecified atom stereocenters. The number of likely N-dealkylation sites (tertiary alicyclic amines) is 2. The van der Waals surface area contributed by atoms with Crippen molar-refractivity contribution in [1.29, 1.82) is 0 Å². The first-order valence-corrected chi connectivity index (χ1v) is 11.3. The number of carbonyl (C=O) groups is 2. The van der Waals surface area contributed by atoms with Crippen LogP contribution in [0.25, 0.3) is 0 Å². The number of aliphatic carboxylic acids is 1. The first-order valence-electron chi connectivity index (χ1n) is 11.3. The number of carboxylic acid groups (broad SMARTS) is 1. The molecule has 8 heteroatoms. The van der Waals surface area contributed by atoms with Crippen LogP contribution >= 0.6 is 0 Å². The highest BCUT2D eigenvalue weighted by atomic mass is 16.7. The number of hydrogen-bond acceptors (Lipinski definition) is 6. The van der Waals surface area contributed by atoms with E-state index in [1.165, 1.54) is 0 Å². The molecular weight excluding hydrogens is 424 g/mol. The summed E-state index contributed by atoms with van der Waals surface area (Å²) in [7, 11) is 1.60. The molecule has 5 rings (SSSR count). The summed E-state index contributed by atoms with van der Waals surface area (Å²) >= 11 is 0. The Bertz CT molecular complexity index is 1030. The minimum absolute atomic E-state index is 0.0569. The molecule has 0 spiro atoms. The van der Waals surface area contributed by atoms with Crippen LogP contribution in [0.3, 0.4) is 0 Å². The molecule has 0 saturated carbocycles. The normalized spacial score (nSPS) is 24.3. The van der Waals surface area contributed by atoms with Crippen LogP contribution in [0.5, 0.6) is 17.2 Å². The third kappa shape index (κ3) is 4.11. The van der Waals surface area contributed by atoms with Gasteiger partial charge in [-0.25, -0.2) is 0 Å². The summed E-state index contributed by atoms with van der Waals surface area (Å²) in [6.45, 7) is 2.37. The van der Waals surface area contributed by atoms with Crippen molar-refractivity contribution in [3.63, 3.8) is 0 Å². The first-order chi connectivity index (χ1) is 16.0. The van der Waals surface area contributed by atoms with Gasteiger partial charge in [0.05, 0.1) is 19.6 Å². The lowest BCUT2D eigenvalue weighted by Crippen LogP contribution is -2.39. The van der Waals surface area contributed by atoms with Crippen molar-refractivity contribution in [2.45, 2.75) is 24.8 Å². The summed E-state index contributed by atoms with van der Waals surface area (Å²) in [5.41, 5.74) is 1.74. The van der Waals surface area contributed by atoms with E-state index >= 15 is 0 Å². The van der Waals surface area contributed by atoms with Gasteiger partial charge in [-0.3, -0.25) is 14.5 Å². The number of hydrogen-bond donors (Lipinski definition) is 1. The van der Waals surface area contributed by atoms with E-state index < -0.39 is 17.9 Å². The van der Waals surface area contributed by atoms with Gasteiger partial charge in [-0.1, -0.05) is 18.2 Å². The average Bonchev–Trinajstić information content (AvgIpc) is 3.58. The minimum Gasteiger partial charge on any atom is -0.497 e. The van der Waals surface area contributed by atoms with E-state index in [2.05, 4.69) is 0 Å². The summed E-state index contributed by atoms with van der Waals surface area (Å²) in [5.74, 6) is 0.160. The lowest BCUT2D eigenvalue weighted by atomic mass is 9.82. The minimum atomic E-state index is -0.880. The van der Waals surface area contributed by atoms with E-state index in [1.807, 2.05) is 52.3 Å². The predicted octanol–water partition coefficient (Wildman–Crippen LogP) is 2.89. The topological polar surface area (TPSA) is 88.5 Å². The molecule has 2 fully saturated rings. The van der Waals surface area contributed by atoms with E-state index in [4.69, 9.17) is 14.2 Å². The van der Waals surface area contributed by atoms with E-state index in [0.717, 1.165) is 37.1 Å². The fourth-order valence-corrected chi connectivity index (χ4v) is 5.31. The van der Waals surface area contributed by atoms with Crippen LogP contribution in [0.1, 0.15) is 35.9 Å². The number of benzene rings is 2. The van der Waals surface area contributed by atoms with Crippen molar-refractivity contribution >= 4 is 11.9 Å². The molecule has 8 nitrogen and oxygen atoms in total. The van der Waals surface area contributed by atoms with Gasteiger partial charge < -0.3 is 24.2 Å². The Morgan fingerprint density at radius 3 is 2.42 bits per heavy atom. The monoisotopic (exact) mass is 452 g/mol. The SMILES string of the molecule is COc1ccc(C2C(C(=O)O)C(c3ccc4c(c3)OCO4)CN2CC(=O)N2CCCC2)cc1. The van der Waals surface area contributed by atoms with Crippen molar-refractivity contribution in [2.24, 2.45) is 5.92 Å². The molecule has 174 valence electrons. The lowest BCUT2D eigenvalue weighted by molar-refractivity contribution is -0.143. The molecule has 2 saturated heterocycles. The summed E-state index contributed by atoms with van der Waals surface area (Å²) in [5, 5.41) is 10.3. The molecule has 0 radical (unpaired) electrons. The van der Waals surface area contributed by atoms with Gasteiger partial charge in [-0.05, 0) is 48.2 Å². The van der Waals surface area contributed by atoms with Gasteiger partial charge in [0.2, 0.25) is 12.7 Å². The summed E-state index contributed by atoms with van der Waals surface area (Å²) < 4.78 is 16.2. The smallest absolute Gasteiger partial charge is 0.309 e. The highest BCUT2D eigenvalue weighted by Crippen LogP contribution is 2.47. The Morgan fingerprint density at radius 2 is 1.73 bits per heavy atom. The number of carbonyl (C=O) groups excluding carboxylic acids is 1. The predicted molar refractivity (Wildman–Crippen MR) is 120 cm³/mol. The Morgan fingerprint density at radius 1 is 1.03 bits per heavy atom. The molecule has 3 atom stereocenters. The number of carboxylic acids is 1. The molecular formula is C25H28N2O6. The van der Waals surface area contributed by atoms with Crippen molar-refractivity contribution in [3.8, 4) is 17.2 Å². The van der Waals surface area contributed by atoms with Gasteiger partial charge in [0.1, 0.15) is 5.75 Å². The van der Waals surface area contributed by atoms with Crippen molar-refractivity contribution < 1.29 is 28.9 Å². The van der Waals surface area contributed by atoms with Crippen LogP contribution in [-0.2, 0) is 9.59 Å². The summed E-state index contributed by atoms with van der Waals surface area (Å²) in [6, 6.07) is 12.6. The second-order valence-corrected chi connectivity index (χ2v) is 8.82. The van der Waals surface area contributed by atoms with Gasteiger partial charge in [0, 0.05) is 31.6 Å². The third-order valence-corrected chi connectivity index (χ3v) is 6.96. The molecule has 3 aliphatic heterocycles. The molecule has 1 amide bonds. The molecule has 1 N–H and O–H groups in total. The molecule has 0 aromatic heterocycles. The number of fused-ring (bicyclic) bond motifs is 1. The second kappa shape index (κ2) is 8.94. The van der Waals surface area contributed by atoms with Gasteiger partial charge in [0.15, 0.2) is 11.5 Å². The third-order valence-electron chi connectivity index (χ3n) is 6.96. The zero-order chi connectivity index (χ0) is 22.9. The average molecular weight is 453 g/mol. The van der Waals surface area contributed by atoms with Crippen LogP contribution in [-0.4, -0.2) is 66.9 Å². The number of nitrogens with zero attached hydrogens (tertiary/aromatic N) is 2. The molecule has 3 aliphatic rings. The Hall–Kier alpha value is -3.26. The Kier molecular flexibility index (Phi) is 5.85. The fraction of sp³-hybridized carbons (Fsp3) is 0.440. The van der Waals surface area contributed by atoms with E-state index in [9.17, 15) is 14.7 Å². The van der Waals surface area contributed by atoms with Crippen LogP contribution in [0, 0.1) is 5.92 Å². The maximum atomic E-state index is 13.0. The Balaban J connectivity index is 1.50. The van der Waals surface area contributed by atoms with Crippen LogP contribution in [0.2, 0.25) is 0 Å². The lowest BCUT2D eigenvalue weighted by Gasteiger charge is -2.28. The quantitative estimate of drug-likeness (QED) is 0.721. The maximum absolute atomic E-state index is 13.0. The van der Waals surface area contributed by atoms with Gasteiger partial charge in [-0.15, -0.1) is 0 Å². The number of amides is 1. The van der Waals surface area contributed by atoms with Crippen LogP contribution in [0.15, 0.2) is 42.5 Å². The van der Waals surface area contributed by atoms with E-state index in [1.54, 1.807) is 7.11 Å².